The van der Waals surface area contributed by atoms with Crippen molar-refractivity contribution in [3.63, 3.8) is 0 Å². The van der Waals surface area contributed by atoms with Crippen molar-refractivity contribution in [3.8, 4) is 44.5 Å². The molecule has 0 spiro atoms. The van der Waals surface area contributed by atoms with E-state index in [1.54, 1.807) is 0 Å². The maximum absolute atomic E-state index is 2.48. The van der Waals surface area contributed by atoms with Gasteiger partial charge in [-0.3, -0.25) is 0 Å². The predicted octanol–water partition coefficient (Wildman–Crippen LogP) is 16.3. The van der Waals surface area contributed by atoms with Crippen LogP contribution in [0, 0.1) is 6.92 Å². The zero-order valence-corrected chi connectivity index (χ0v) is 36.5. The molecule has 2 aliphatic rings. The molecule has 0 aromatic heterocycles. The summed E-state index contributed by atoms with van der Waals surface area (Å²) >= 11 is 0. The molecule has 0 aliphatic heterocycles. The van der Waals surface area contributed by atoms with Crippen LogP contribution < -0.4 is 4.90 Å². The van der Waals surface area contributed by atoms with Crippen molar-refractivity contribution in [2.75, 3.05) is 4.90 Å². The van der Waals surface area contributed by atoms with Crippen LogP contribution in [0.1, 0.15) is 50.1 Å². The molecule has 10 aromatic carbocycles. The van der Waals surface area contributed by atoms with Gasteiger partial charge in [-0.2, -0.15) is 0 Å². The fourth-order valence-corrected chi connectivity index (χ4v) is 10.9. The lowest BCUT2D eigenvalue weighted by Crippen LogP contribution is -2.28. The molecular formula is C64H47N. The van der Waals surface area contributed by atoms with Crippen molar-refractivity contribution < 1.29 is 0 Å². The Kier molecular flexibility index (Phi) is 9.50. The molecule has 1 nitrogen and oxygen atoms in total. The van der Waals surface area contributed by atoms with Gasteiger partial charge in [0.05, 0.1) is 5.41 Å². The molecule has 1 heteroatoms. The van der Waals surface area contributed by atoms with Crippen LogP contribution in [0.2, 0.25) is 0 Å². The molecule has 0 N–H and O–H groups in total. The van der Waals surface area contributed by atoms with E-state index in [1.807, 2.05) is 0 Å². The van der Waals surface area contributed by atoms with Gasteiger partial charge in [-0.05, 0) is 145 Å². The molecule has 65 heavy (non-hydrogen) atoms. The molecule has 0 fully saturated rings. The summed E-state index contributed by atoms with van der Waals surface area (Å²) in [5.41, 5.74) is 24.7. The highest BCUT2D eigenvalue weighted by molar-refractivity contribution is 5.90. The van der Waals surface area contributed by atoms with Gasteiger partial charge in [-0.1, -0.05) is 212 Å². The van der Waals surface area contributed by atoms with Gasteiger partial charge in [-0.15, -0.1) is 0 Å². The van der Waals surface area contributed by atoms with Gasteiger partial charge in [0.25, 0.3) is 0 Å². The fourth-order valence-electron chi connectivity index (χ4n) is 10.9. The molecule has 0 bridgehead atoms. The van der Waals surface area contributed by atoms with E-state index >= 15 is 0 Å². The Balaban J connectivity index is 1.09. The summed E-state index contributed by atoms with van der Waals surface area (Å²) < 4.78 is 0. The van der Waals surface area contributed by atoms with E-state index in [0.29, 0.717) is 0 Å². The van der Waals surface area contributed by atoms with Crippen molar-refractivity contribution in [2.24, 2.45) is 0 Å². The van der Waals surface area contributed by atoms with Crippen LogP contribution in [-0.2, 0) is 18.3 Å². The molecule has 0 heterocycles. The van der Waals surface area contributed by atoms with Gasteiger partial charge in [0.1, 0.15) is 0 Å². The second kappa shape index (κ2) is 16.0. The van der Waals surface area contributed by atoms with Gasteiger partial charge in [0.15, 0.2) is 0 Å². The summed E-state index contributed by atoms with van der Waals surface area (Å²) in [5.74, 6) is 0. The molecule has 0 atom stereocenters. The Morgan fingerprint density at radius 3 is 1.28 bits per heavy atom. The van der Waals surface area contributed by atoms with Gasteiger partial charge >= 0.3 is 0 Å². The number of anilines is 3. The van der Waals surface area contributed by atoms with Crippen molar-refractivity contribution >= 4 is 17.1 Å². The fraction of sp³-hybridized carbons (Fsp3) is 0.0625. The van der Waals surface area contributed by atoms with Crippen LogP contribution in [0.5, 0.6) is 0 Å². The molecule has 0 amide bonds. The Morgan fingerprint density at radius 1 is 0.308 bits per heavy atom. The minimum absolute atomic E-state index is 0.516. The lowest BCUT2D eigenvalue weighted by atomic mass is 9.67. The van der Waals surface area contributed by atoms with Gasteiger partial charge in [-0.25, -0.2) is 0 Å². The second-order valence-corrected chi connectivity index (χ2v) is 17.7. The molecular weight excluding hydrogens is 783 g/mol. The summed E-state index contributed by atoms with van der Waals surface area (Å²) in [6.45, 7) is 2.14. The first-order valence-corrected chi connectivity index (χ1v) is 22.8. The third-order valence-electron chi connectivity index (χ3n) is 14.0. The molecule has 0 unspecified atom stereocenters. The largest absolute Gasteiger partial charge is 0.310 e. The number of fused-ring (bicyclic) bond motifs is 9. The van der Waals surface area contributed by atoms with Crippen molar-refractivity contribution in [2.45, 2.75) is 25.2 Å². The van der Waals surface area contributed by atoms with Crippen LogP contribution in [0.4, 0.5) is 17.1 Å². The average molecular weight is 830 g/mol. The zero-order valence-electron chi connectivity index (χ0n) is 36.5. The first-order chi connectivity index (χ1) is 32.1. The highest BCUT2D eigenvalue weighted by atomic mass is 15.1. The first kappa shape index (κ1) is 38.7. The summed E-state index contributed by atoms with van der Waals surface area (Å²) in [7, 11) is 0. The summed E-state index contributed by atoms with van der Waals surface area (Å²) in [5, 5.41) is 0. The van der Waals surface area contributed by atoms with Gasteiger partial charge in [0, 0.05) is 17.1 Å². The van der Waals surface area contributed by atoms with Gasteiger partial charge < -0.3 is 4.90 Å². The van der Waals surface area contributed by atoms with Crippen molar-refractivity contribution in [3.05, 3.63) is 293 Å². The Morgan fingerprint density at radius 2 is 0.708 bits per heavy atom. The molecule has 0 saturated heterocycles. The molecule has 2 aliphatic carbocycles. The molecule has 0 radical (unpaired) electrons. The van der Waals surface area contributed by atoms with Crippen LogP contribution >= 0.6 is 0 Å². The summed E-state index contributed by atoms with van der Waals surface area (Å²) in [6.07, 6.45) is 1.66. The smallest absolute Gasteiger partial charge is 0.0714 e. The second-order valence-electron chi connectivity index (χ2n) is 17.7. The van der Waals surface area contributed by atoms with Crippen LogP contribution in [0.3, 0.4) is 0 Å². The monoisotopic (exact) mass is 829 g/mol. The summed E-state index contributed by atoms with van der Waals surface area (Å²) in [4.78, 5) is 2.48. The third-order valence-corrected chi connectivity index (χ3v) is 14.0. The van der Waals surface area contributed by atoms with E-state index in [-0.39, 0.29) is 0 Å². The average Bonchev–Trinajstić information content (AvgIpc) is 3.66. The zero-order chi connectivity index (χ0) is 43.3. The number of hydrogen-bond donors (Lipinski definition) is 0. The predicted molar refractivity (Wildman–Crippen MR) is 272 cm³/mol. The first-order valence-electron chi connectivity index (χ1n) is 22.8. The van der Waals surface area contributed by atoms with E-state index in [2.05, 4.69) is 254 Å². The number of hydrogen-bond acceptors (Lipinski definition) is 1. The van der Waals surface area contributed by atoms with E-state index in [4.69, 9.17) is 0 Å². The number of aryl methyl sites for hydroxylation is 1. The molecule has 10 aromatic rings. The molecule has 0 saturated carbocycles. The minimum atomic E-state index is -0.516. The van der Waals surface area contributed by atoms with E-state index in [1.165, 1.54) is 94.6 Å². The van der Waals surface area contributed by atoms with Gasteiger partial charge in [0.2, 0.25) is 0 Å². The van der Waals surface area contributed by atoms with Crippen LogP contribution in [-0.4, -0.2) is 0 Å². The Bertz CT molecular complexity index is 3320. The van der Waals surface area contributed by atoms with Crippen molar-refractivity contribution in [1.29, 1.82) is 0 Å². The normalized spacial score (nSPS) is 13.0. The number of rotatable bonds is 6. The van der Waals surface area contributed by atoms with Crippen molar-refractivity contribution in [1.82, 2.24) is 0 Å². The van der Waals surface area contributed by atoms with Crippen LogP contribution in [0.15, 0.2) is 243 Å². The minimum Gasteiger partial charge on any atom is -0.310 e. The van der Waals surface area contributed by atoms with E-state index in [9.17, 15) is 0 Å². The highest BCUT2D eigenvalue weighted by Gasteiger charge is 2.46. The highest BCUT2D eigenvalue weighted by Crippen LogP contribution is 2.57. The summed E-state index contributed by atoms with van der Waals surface area (Å²) in [6, 6.07) is 90.6. The Labute approximate surface area is 382 Å². The lowest BCUT2D eigenvalue weighted by Gasteiger charge is -2.35. The standard InChI is InChI=1S/C64H47N/c1-44-28-30-45(31-29-44)46-32-34-53(35-33-46)65(55-37-39-61-60-26-14-15-27-62(60)64(63(61)43-55,51-19-4-2-5-20-51)52-21-6-3-7-22-52)54-36-38-59-50(42-54)41-49-18-10-12-24-57(49)56-23-11-8-16-47(56)40-48-17-9-13-25-58(48)59/h2-39,42-43H,40-41H2,1H3. The molecule has 12 rings (SSSR count). The quantitative estimate of drug-likeness (QED) is 0.161. The number of benzene rings is 10. The SMILES string of the molecule is Cc1ccc(-c2ccc(N(c3ccc4c(c3)Cc3ccccc3-c3ccccc3Cc3ccccc3-4)c3ccc4c(c3)C(c3ccccc3)(c3ccccc3)c3ccccc3-4)cc2)cc1. The Hall–Kier alpha value is -8.00. The maximum Gasteiger partial charge on any atom is 0.0714 e. The lowest BCUT2D eigenvalue weighted by molar-refractivity contribution is 0.768. The van der Waals surface area contributed by atoms with E-state index in [0.717, 1.165) is 29.9 Å². The maximum atomic E-state index is 2.48. The third kappa shape index (κ3) is 6.54. The topological polar surface area (TPSA) is 3.24 Å². The van der Waals surface area contributed by atoms with E-state index < -0.39 is 5.41 Å². The molecule has 308 valence electrons. The van der Waals surface area contributed by atoms with Crippen LogP contribution in [0.25, 0.3) is 44.5 Å². The number of nitrogens with zero attached hydrogens (tertiary/aromatic N) is 1.